The van der Waals surface area contributed by atoms with Crippen LogP contribution in [0.2, 0.25) is 18.1 Å². The van der Waals surface area contributed by atoms with Crippen LogP contribution in [0.1, 0.15) is 60.7 Å². The maximum atomic E-state index is 13.8. The average molecular weight is 695 g/mol. The molecular formula is C32H46N2O11SSi. The second-order valence-corrected chi connectivity index (χ2v) is 18.2. The van der Waals surface area contributed by atoms with Crippen LogP contribution in [0.4, 0.5) is 5.69 Å². The number of hydrogen-bond acceptors (Lipinski definition) is 12. The second kappa shape index (κ2) is 17.5. The molecule has 2 aromatic rings. The highest BCUT2D eigenvalue weighted by Gasteiger charge is 2.40. The number of nitro benzene ring substituents is 1. The molecule has 0 fully saturated rings. The van der Waals surface area contributed by atoms with Gasteiger partial charge in [-0.05, 0) is 49.2 Å². The predicted molar refractivity (Wildman–Crippen MR) is 180 cm³/mol. The fourth-order valence-corrected chi connectivity index (χ4v) is 6.22. The zero-order valence-corrected chi connectivity index (χ0v) is 30.0. The molecule has 15 heteroatoms. The molecule has 2 atom stereocenters. The molecule has 0 spiro atoms. The van der Waals surface area contributed by atoms with E-state index in [-0.39, 0.29) is 47.2 Å². The maximum Gasteiger partial charge on any atom is 0.339 e. The third-order valence-corrected chi connectivity index (χ3v) is 13.4. The first-order chi connectivity index (χ1) is 21.9. The number of nitro groups is 1. The van der Waals surface area contributed by atoms with Gasteiger partial charge in [-0.2, -0.15) is 11.8 Å². The molecule has 0 saturated heterocycles. The van der Waals surface area contributed by atoms with E-state index in [2.05, 4.69) is 39.2 Å². The van der Waals surface area contributed by atoms with E-state index in [1.54, 1.807) is 13.0 Å². The Hall–Kier alpha value is -3.66. The first-order valence-electron chi connectivity index (χ1n) is 15.0. The molecule has 260 valence electrons. The molecule has 0 bridgehead atoms. The highest BCUT2D eigenvalue weighted by molar-refractivity contribution is 7.98. The van der Waals surface area contributed by atoms with Crippen LogP contribution in [0.3, 0.4) is 0 Å². The fourth-order valence-electron chi connectivity index (χ4n) is 4.12. The monoisotopic (exact) mass is 694 g/mol. The van der Waals surface area contributed by atoms with E-state index in [9.17, 15) is 29.6 Å². The highest BCUT2D eigenvalue weighted by Crippen LogP contribution is 2.42. The summed E-state index contributed by atoms with van der Waals surface area (Å²) in [5.41, 5.74) is 1.73. The third-order valence-electron chi connectivity index (χ3n) is 7.99. The van der Waals surface area contributed by atoms with E-state index >= 15 is 0 Å². The van der Waals surface area contributed by atoms with E-state index in [4.69, 9.17) is 23.7 Å². The molecule has 1 amide bonds. The molecule has 0 saturated carbocycles. The van der Waals surface area contributed by atoms with Crippen LogP contribution in [0.25, 0.3) is 0 Å². The van der Waals surface area contributed by atoms with Gasteiger partial charge in [-0.25, -0.2) is 9.59 Å². The van der Waals surface area contributed by atoms with Gasteiger partial charge in [-0.1, -0.05) is 20.8 Å². The number of nitrogens with one attached hydrogen (secondary N) is 1. The van der Waals surface area contributed by atoms with Crippen LogP contribution in [-0.4, -0.2) is 80.0 Å². The second-order valence-electron chi connectivity index (χ2n) is 12.5. The number of benzene rings is 2. The summed E-state index contributed by atoms with van der Waals surface area (Å²) in [6.45, 7) is 11.5. The van der Waals surface area contributed by atoms with E-state index < -0.39 is 49.8 Å². The normalized spacial score (nSPS) is 12.9. The quantitative estimate of drug-likeness (QED) is 0.0901. The molecular weight excluding hydrogens is 649 g/mol. The van der Waals surface area contributed by atoms with Crippen molar-refractivity contribution in [2.75, 3.05) is 26.6 Å². The topological polar surface area (TPSA) is 184 Å². The molecule has 0 aliphatic carbocycles. The lowest BCUT2D eigenvalue weighted by atomic mass is 10.0. The van der Waals surface area contributed by atoms with Gasteiger partial charge in [0.25, 0.3) is 5.69 Å². The molecule has 2 rings (SSSR count). The summed E-state index contributed by atoms with van der Waals surface area (Å²) in [6, 6.07) is 6.41. The zero-order chi connectivity index (χ0) is 35.5. The van der Waals surface area contributed by atoms with Gasteiger partial charge >= 0.3 is 11.9 Å². The molecule has 0 aromatic heterocycles. The maximum absolute atomic E-state index is 13.8. The van der Waals surface area contributed by atoms with Crippen molar-refractivity contribution >= 4 is 43.6 Å². The van der Waals surface area contributed by atoms with Gasteiger partial charge in [0.1, 0.15) is 24.1 Å². The standard InChI is InChI=1S/C32H46N2O11SSi/c1-20-26(42-5)15-27(45-47(7,8)32(2,3)4)24(29(20)31(39)44-17-21-9-11-22(12-10-21)34(40)41)18-46-19-25(30(38)43-6)33-28(37)14-13-23(36)16-35/h9-12,15,23,25,35-36H,13-14,16-19H2,1-8H3,(H,33,37). The Morgan fingerprint density at radius 3 is 2.28 bits per heavy atom. The molecule has 0 aliphatic heterocycles. The number of nitrogens with zero attached hydrogens (tertiary/aromatic N) is 1. The van der Waals surface area contributed by atoms with Crippen molar-refractivity contribution in [3.8, 4) is 11.5 Å². The van der Waals surface area contributed by atoms with E-state index in [1.807, 2.05) is 0 Å². The first kappa shape index (κ1) is 39.5. The van der Waals surface area contributed by atoms with Crippen LogP contribution >= 0.6 is 11.8 Å². The lowest BCUT2D eigenvalue weighted by Gasteiger charge is -2.37. The van der Waals surface area contributed by atoms with Crippen molar-refractivity contribution in [1.82, 2.24) is 5.32 Å². The Morgan fingerprint density at radius 1 is 1.11 bits per heavy atom. The lowest BCUT2D eigenvalue weighted by molar-refractivity contribution is -0.384. The number of rotatable bonds is 17. The summed E-state index contributed by atoms with van der Waals surface area (Å²) in [6.07, 6.45) is -1.14. The summed E-state index contributed by atoms with van der Waals surface area (Å²) >= 11 is 1.27. The number of ether oxygens (including phenoxy) is 3. The molecule has 47 heavy (non-hydrogen) atoms. The Balaban J connectivity index is 2.46. The van der Waals surface area contributed by atoms with Crippen LogP contribution in [-0.2, 0) is 31.4 Å². The van der Waals surface area contributed by atoms with E-state index in [1.165, 1.54) is 50.2 Å². The van der Waals surface area contributed by atoms with Crippen molar-refractivity contribution in [1.29, 1.82) is 0 Å². The smallest absolute Gasteiger partial charge is 0.339 e. The number of amides is 1. The van der Waals surface area contributed by atoms with Gasteiger partial charge in [-0.3, -0.25) is 14.9 Å². The van der Waals surface area contributed by atoms with Crippen LogP contribution in [0.15, 0.2) is 30.3 Å². The Morgan fingerprint density at radius 2 is 1.74 bits per heavy atom. The lowest BCUT2D eigenvalue weighted by Crippen LogP contribution is -2.44. The summed E-state index contributed by atoms with van der Waals surface area (Å²) in [7, 11) is 0.252. The van der Waals surface area contributed by atoms with Crippen LogP contribution < -0.4 is 14.5 Å². The van der Waals surface area contributed by atoms with E-state index in [0.29, 0.717) is 28.2 Å². The fraction of sp³-hybridized carbons (Fsp3) is 0.531. The summed E-state index contributed by atoms with van der Waals surface area (Å²) in [5.74, 6) is -0.696. The van der Waals surface area contributed by atoms with Crippen LogP contribution in [0, 0.1) is 17.0 Å². The van der Waals surface area contributed by atoms with Gasteiger partial charge in [0, 0.05) is 47.3 Å². The average Bonchev–Trinajstić information content (AvgIpc) is 3.02. The molecule has 3 N–H and O–H groups in total. The van der Waals surface area contributed by atoms with Crippen molar-refractivity contribution in [3.63, 3.8) is 0 Å². The number of hydrogen-bond donors (Lipinski definition) is 3. The number of aliphatic hydroxyl groups is 2. The summed E-state index contributed by atoms with van der Waals surface area (Å²) < 4.78 is 22.9. The molecule has 2 aromatic carbocycles. The SMILES string of the molecule is COC(=O)C(CSCc1c(O[Si](C)(C)C(C)(C)C)cc(OC)c(C)c1C(=O)OCc1ccc([N+](=O)[O-])cc1)NC(=O)CCC(O)CO. The number of methoxy groups -OCH3 is 2. The largest absolute Gasteiger partial charge is 0.543 e. The van der Waals surface area contributed by atoms with Gasteiger partial charge in [0.05, 0.1) is 37.4 Å². The van der Waals surface area contributed by atoms with E-state index in [0.717, 1.165) is 0 Å². The molecule has 0 aliphatic rings. The third kappa shape index (κ3) is 11.2. The van der Waals surface area contributed by atoms with Gasteiger partial charge < -0.3 is 34.2 Å². The van der Waals surface area contributed by atoms with Crippen molar-refractivity contribution in [2.24, 2.45) is 0 Å². The van der Waals surface area contributed by atoms with Gasteiger partial charge in [-0.15, -0.1) is 0 Å². The van der Waals surface area contributed by atoms with Crippen molar-refractivity contribution in [3.05, 3.63) is 62.7 Å². The summed E-state index contributed by atoms with van der Waals surface area (Å²) in [4.78, 5) is 49.3. The van der Waals surface area contributed by atoms with Crippen molar-refractivity contribution in [2.45, 2.75) is 83.2 Å². The molecule has 0 heterocycles. The van der Waals surface area contributed by atoms with Crippen LogP contribution in [0.5, 0.6) is 11.5 Å². The van der Waals surface area contributed by atoms with Gasteiger partial charge in [0.15, 0.2) is 0 Å². The Bertz CT molecular complexity index is 1410. The number of thioether (sulfide) groups is 1. The highest BCUT2D eigenvalue weighted by atomic mass is 32.2. The van der Waals surface area contributed by atoms with Gasteiger partial charge in [0.2, 0.25) is 14.2 Å². The minimum atomic E-state index is -2.44. The molecule has 0 radical (unpaired) electrons. The summed E-state index contributed by atoms with van der Waals surface area (Å²) in [5, 5.41) is 32.1. The Labute approximate surface area is 280 Å². The minimum Gasteiger partial charge on any atom is -0.543 e. The Kier molecular flexibility index (Phi) is 14.7. The van der Waals surface area contributed by atoms with Crippen molar-refractivity contribution < 1.29 is 48.2 Å². The molecule has 13 nitrogen and oxygen atoms in total. The number of esters is 2. The minimum absolute atomic E-state index is 0.0218. The first-order valence-corrected chi connectivity index (χ1v) is 19.1. The number of carbonyl (C=O) groups is 3. The zero-order valence-electron chi connectivity index (χ0n) is 28.2. The number of aliphatic hydroxyl groups excluding tert-OH is 2. The number of non-ortho nitro benzene ring substituents is 1. The predicted octanol–water partition coefficient (Wildman–Crippen LogP) is 4.68. The number of carbonyl (C=O) groups excluding carboxylic acids is 3. The molecule has 2 unspecified atom stereocenters.